The van der Waals surface area contributed by atoms with Crippen LogP contribution in [0.3, 0.4) is 0 Å². The van der Waals surface area contributed by atoms with Crippen molar-refractivity contribution in [2.75, 3.05) is 13.2 Å². The molecule has 1 aromatic carbocycles. The van der Waals surface area contributed by atoms with Gasteiger partial charge in [0.05, 0.1) is 12.9 Å². The van der Waals surface area contributed by atoms with Gasteiger partial charge in [-0.05, 0) is 31.4 Å². The lowest BCUT2D eigenvalue weighted by Crippen LogP contribution is -2.58. The summed E-state index contributed by atoms with van der Waals surface area (Å²) in [6, 6.07) is 4.19. The minimum atomic E-state index is -1.25. The number of carboxylic acids is 1. The number of aromatic nitrogens is 2. The van der Waals surface area contributed by atoms with Crippen LogP contribution in [0.2, 0.25) is 0 Å². The van der Waals surface area contributed by atoms with Crippen LogP contribution in [0.15, 0.2) is 42.9 Å². The molecule has 37 heavy (non-hydrogen) atoms. The van der Waals surface area contributed by atoms with Crippen LogP contribution < -0.4 is 27.4 Å². The third-order valence-corrected chi connectivity index (χ3v) is 5.62. The number of benzene rings is 1. The zero-order chi connectivity index (χ0) is 27.2. The lowest BCUT2D eigenvalue weighted by Gasteiger charge is -2.25. The van der Waals surface area contributed by atoms with E-state index in [0.29, 0.717) is 25.1 Å². The highest BCUT2D eigenvalue weighted by atomic mass is 16.4. The van der Waals surface area contributed by atoms with Gasteiger partial charge in [0.25, 0.3) is 0 Å². The topological polar surface area (TPSA) is 226 Å². The molecule has 0 aliphatic rings. The van der Waals surface area contributed by atoms with E-state index < -0.39 is 54.5 Å². The minimum Gasteiger partial charge on any atom is -0.480 e. The summed E-state index contributed by atoms with van der Waals surface area (Å²) in [5.74, 6) is -3.33. The fourth-order valence-corrected chi connectivity index (χ4v) is 3.54. The Hall–Kier alpha value is -3.81. The number of H-pyrrole nitrogens is 1. The Balaban J connectivity index is 2.23. The Kier molecular flexibility index (Phi) is 12.2. The maximum absolute atomic E-state index is 13.3. The number of aliphatic hydroxyl groups excluding tert-OH is 1. The van der Waals surface area contributed by atoms with Gasteiger partial charge in [-0.15, -0.1) is 0 Å². The Morgan fingerprint density at radius 2 is 1.54 bits per heavy atom. The molecule has 1 heterocycles. The van der Waals surface area contributed by atoms with Crippen LogP contribution >= 0.6 is 0 Å². The second kappa shape index (κ2) is 15.3. The highest BCUT2D eigenvalue weighted by Crippen LogP contribution is 2.08. The third kappa shape index (κ3) is 9.99. The van der Waals surface area contributed by atoms with Crippen LogP contribution in [0.4, 0.5) is 0 Å². The molecule has 13 nitrogen and oxygen atoms in total. The Bertz CT molecular complexity index is 1000. The monoisotopic (exact) mass is 517 g/mol. The van der Waals surface area contributed by atoms with Crippen molar-refractivity contribution in [3.63, 3.8) is 0 Å². The first-order valence-electron chi connectivity index (χ1n) is 12.0. The van der Waals surface area contributed by atoms with E-state index >= 15 is 0 Å². The highest BCUT2D eigenvalue weighted by molar-refractivity contribution is 5.94. The van der Waals surface area contributed by atoms with Crippen molar-refractivity contribution < 1.29 is 29.4 Å². The second-order valence-corrected chi connectivity index (χ2v) is 8.57. The Morgan fingerprint density at radius 1 is 0.919 bits per heavy atom. The van der Waals surface area contributed by atoms with Crippen LogP contribution in [-0.2, 0) is 32.0 Å². The van der Waals surface area contributed by atoms with Crippen molar-refractivity contribution >= 4 is 23.7 Å². The molecule has 0 bridgehead atoms. The summed E-state index contributed by atoms with van der Waals surface area (Å²) in [5.41, 5.74) is 12.3. The normalized spacial score (nSPS) is 14.1. The van der Waals surface area contributed by atoms with Crippen LogP contribution in [-0.4, -0.2) is 81.2 Å². The molecule has 13 heteroatoms. The molecule has 0 spiro atoms. The average molecular weight is 518 g/mol. The van der Waals surface area contributed by atoms with Gasteiger partial charge in [-0.2, -0.15) is 0 Å². The summed E-state index contributed by atoms with van der Waals surface area (Å²) in [4.78, 5) is 57.2. The number of amides is 3. The number of rotatable bonds is 16. The predicted molar refractivity (Wildman–Crippen MR) is 134 cm³/mol. The number of carbonyl (C=O) groups excluding carboxylic acids is 3. The molecule has 4 unspecified atom stereocenters. The number of aromatic amines is 1. The lowest BCUT2D eigenvalue weighted by molar-refractivity contribution is -0.142. The van der Waals surface area contributed by atoms with Crippen molar-refractivity contribution in [2.24, 2.45) is 11.5 Å². The SMILES string of the molecule is NCCCCC(NC(=O)C(Cc1ccccc1)NC(=O)C(Cc1cnc[nH]1)NC(=O)C(N)CO)C(=O)O. The molecule has 0 saturated heterocycles. The number of nitrogens with two attached hydrogens (primary N) is 2. The molecule has 10 N–H and O–H groups in total. The number of hydrogen-bond acceptors (Lipinski definition) is 8. The average Bonchev–Trinajstić information content (AvgIpc) is 3.40. The molecule has 202 valence electrons. The number of unbranched alkanes of at least 4 members (excludes halogenated alkanes) is 1. The van der Waals surface area contributed by atoms with E-state index in [1.54, 1.807) is 30.3 Å². The number of imidazole rings is 1. The van der Waals surface area contributed by atoms with Crippen molar-refractivity contribution in [1.82, 2.24) is 25.9 Å². The lowest BCUT2D eigenvalue weighted by atomic mass is 10.0. The van der Waals surface area contributed by atoms with E-state index in [1.165, 1.54) is 12.5 Å². The predicted octanol–water partition coefficient (Wildman–Crippen LogP) is -1.82. The molecule has 0 radical (unpaired) electrons. The van der Waals surface area contributed by atoms with Crippen molar-refractivity contribution in [1.29, 1.82) is 0 Å². The van der Waals surface area contributed by atoms with Gasteiger partial charge in [0, 0.05) is 24.7 Å². The van der Waals surface area contributed by atoms with Crippen LogP contribution in [0.5, 0.6) is 0 Å². The van der Waals surface area contributed by atoms with Crippen molar-refractivity contribution in [2.45, 2.75) is 56.3 Å². The van der Waals surface area contributed by atoms with E-state index in [4.69, 9.17) is 11.5 Å². The van der Waals surface area contributed by atoms with Gasteiger partial charge in [0.15, 0.2) is 0 Å². The van der Waals surface area contributed by atoms with Gasteiger partial charge in [0.1, 0.15) is 24.2 Å². The van der Waals surface area contributed by atoms with Gasteiger partial charge in [-0.1, -0.05) is 30.3 Å². The van der Waals surface area contributed by atoms with Gasteiger partial charge >= 0.3 is 5.97 Å². The van der Waals surface area contributed by atoms with Crippen molar-refractivity contribution in [3.05, 3.63) is 54.1 Å². The molecule has 1 aromatic heterocycles. The van der Waals surface area contributed by atoms with E-state index in [1.807, 2.05) is 0 Å². The summed E-state index contributed by atoms with van der Waals surface area (Å²) in [6.45, 7) is -0.222. The third-order valence-electron chi connectivity index (χ3n) is 5.62. The van der Waals surface area contributed by atoms with Gasteiger partial charge in [-0.25, -0.2) is 9.78 Å². The highest BCUT2D eigenvalue weighted by Gasteiger charge is 2.30. The smallest absolute Gasteiger partial charge is 0.326 e. The van der Waals surface area contributed by atoms with E-state index in [2.05, 4.69) is 25.9 Å². The van der Waals surface area contributed by atoms with Gasteiger partial charge < -0.3 is 42.6 Å². The fourth-order valence-electron chi connectivity index (χ4n) is 3.54. The Morgan fingerprint density at radius 3 is 2.11 bits per heavy atom. The van der Waals surface area contributed by atoms with Crippen LogP contribution in [0.25, 0.3) is 0 Å². The number of nitrogens with zero attached hydrogens (tertiary/aromatic N) is 1. The molecule has 4 atom stereocenters. The van der Waals surface area contributed by atoms with E-state index in [0.717, 1.165) is 5.56 Å². The zero-order valence-electron chi connectivity index (χ0n) is 20.4. The maximum Gasteiger partial charge on any atom is 0.326 e. The summed E-state index contributed by atoms with van der Waals surface area (Å²) in [6.07, 6.45) is 4.27. The first-order chi connectivity index (χ1) is 17.7. The molecule has 3 amide bonds. The summed E-state index contributed by atoms with van der Waals surface area (Å²) < 4.78 is 0. The summed E-state index contributed by atoms with van der Waals surface area (Å²) in [5, 5.41) is 26.4. The largest absolute Gasteiger partial charge is 0.480 e. The number of aliphatic hydroxyl groups is 1. The first kappa shape index (κ1) is 29.4. The molecule has 0 aliphatic heterocycles. The van der Waals surface area contributed by atoms with E-state index in [9.17, 15) is 29.4 Å². The molecule has 2 aromatic rings. The van der Waals surface area contributed by atoms with Crippen LogP contribution in [0, 0.1) is 0 Å². The minimum absolute atomic E-state index is 0.00619. The molecular weight excluding hydrogens is 482 g/mol. The maximum atomic E-state index is 13.3. The number of carbonyl (C=O) groups is 4. The first-order valence-corrected chi connectivity index (χ1v) is 12.0. The molecule has 0 aliphatic carbocycles. The zero-order valence-corrected chi connectivity index (χ0v) is 20.4. The van der Waals surface area contributed by atoms with E-state index in [-0.39, 0.29) is 19.3 Å². The number of aliphatic carboxylic acids is 1. The standard InChI is InChI=1S/C24H35N7O6/c25-9-5-4-8-18(24(36)37)29-22(34)19(10-15-6-2-1-3-7-15)31-23(35)20(11-16-12-27-14-28-16)30-21(33)17(26)13-32/h1-3,6-7,12,14,17-20,32H,4-5,8-11,13,25-26H2,(H,27,28)(H,29,34)(H,30,33)(H,31,35)(H,36,37). The molecular formula is C24H35N7O6. The van der Waals surface area contributed by atoms with Crippen LogP contribution in [0.1, 0.15) is 30.5 Å². The summed E-state index contributed by atoms with van der Waals surface area (Å²) in [7, 11) is 0. The molecule has 2 rings (SSSR count). The molecule has 0 saturated carbocycles. The Labute approximate surface area is 214 Å². The number of carboxylic acid groups (broad SMARTS) is 1. The van der Waals surface area contributed by atoms with Crippen molar-refractivity contribution in [3.8, 4) is 0 Å². The number of hydrogen-bond donors (Lipinski definition) is 8. The molecule has 0 fully saturated rings. The fraction of sp³-hybridized carbons (Fsp3) is 0.458. The van der Waals surface area contributed by atoms with Gasteiger partial charge in [-0.3, -0.25) is 14.4 Å². The summed E-state index contributed by atoms with van der Waals surface area (Å²) >= 11 is 0. The second-order valence-electron chi connectivity index (χ2n) is 8.57. The number of nitrogens with one attached hydrogen (secondary N) is 4. The quantitative estimate of drug-likeness (QED) is 0.117. The van der Waals surface area contributed by atoms with Gasteiger partial charge in [0.2, 0.25) is 17.7 Å².